The van der Waals surface area contributed by atoms with E-state index in [1.165, 1.54) is 7.11 Å². The molecule has 0 atom stereocenters. The largest absolute Gasteiger partial charge is 0.465 e. The first kappa shape index (κ1) is 18.1. The Morgan fingerprint density at radius 3 is 2.52 bits per heavy atom. The summed E-state index contributed by atoms with van der Waals surface area (Å²) in [6, 6.07) is 13.8. The highest BCUT2D eigenvalue weighted by atomic mass is 16.5. The number of hydrogen-bond acceptors (Lipinski definition) is 6. The lowest BCUT2D eigenvalue weighted by atomic mass is 10.1. The van der Waals surface area contributed by atoms with E-state index in [4.69, 9.17) is 4.74 Å². The lowest BCUT2D eigenvalue weighted by Crippen LogP contribution is -2.28. The molecule has 8 heteroatoms. The second-order valence-electron chi connectivity index (χ2n) is 5.66. The standard InChI is InChI=1S/C19H17N3O5/c1-26-18(24)13-8-6-12(7-9-13)10-20-16(23)11-27-19(25)17-14-4-2-3-5-15(14)21-22-17/h2-9H,10-11H2,1H3,(H,20,23)(H,21,22). The summed E-state index contributed by atoms with van der Waals surface area (Å²) in [5, 5.41) is 9.93. The molecule has 3 aromatic rings. The molecule has 0 aliphatic heterocycles. The molecular formula is C19H17N3O5. The molecule has 2 N–H and O–H groups in total. The molecule has 0 bridgehead atoms. The second kappa shape index (κ2) is 8.13. The van der Waals surface area contributed by atoms with Crippen LogP contribution in [0.3, 0.4) is 0 Å². The van der Waals surface area contributed by atoms with Gasteiger partial charge >= 0.3 is 11.9 Å². The number of ether oxygens (including phenoxy) is 2. The Morgan fingerprint density at radius 2 is 1.78 bits per heavy atom. The van der Waals surface area contributed by atoms with Crippen molar-refractivity contribution in [1.29, 1.82) is 0 Å². The first-order chi connectivity index (χ1) is 13.1. The van der Waals surface area contributed by atoms with Gasteiger partial charge in [0.05, 0.1) is 18.2 Å². The monoisotopic (exact) mass is 367 g/mol. The number of methoxy groups -OCH3 is 1. The average molecular weight is 367 g/mol. The van der Waals surface area contributed by atoms with Crippen LogP contribution < -0.4 is 5.32 Å². The van der Waals surface area contributed by atoms with Gasteiger partial charge in [0.25, 0.3) is 5.91 Å². The fourth-order valence-electron chi connectivity index (χ4n) is 2.45. The number of carbonyl (C=O) groups excluding carboxylic acids is 3. The molecule has 0 saturated carbocycles. The van der Waals surface area contributed by atoms with E-state index in [2.05, 4.69) is 20.3 Å². The Kier molecular flexibility index (Phi) is 5.46. The minimum Gasteiger partial charge on any atom is -0.465 e. The third-order valence-corrected chi connectivity index (χ3v) is 3.86. The Labute approximate surface area is 154 Å². The van der Waals surface area contributed by atoms with E-state index in [1.807, 2.05) is 6.07 Å². The van der Waals surface area contributed by atoms with E-state index in [0.717, 1.165) is 5.56 Å². The van der Waals surface area contributed by atoms with E-state index in [-0.39, 0.29) is 12.2 Å². The molecule has 0 unspecified atom stereocenters. The van der Waals surface area contributed by atoms with Gasteiger partial charge in [0.2, 0.25) is 0 Å². The van der Waals surface area contributed by atoms with Gasteiger partial charge in [-0.2, -0.15) is 5.10 Å². The summed E-state index contributed by atoms with van der Waals surface area (Å²) in [7, 11) is 1.31. The van der Waals surface area contributed by atoms with Gasteiger partial charge in [0.1, 0.15) is 0 Å². The Morgan fingerprint density at radius 1 is 1.04 bits per heavy atom. The SMILES string of the molecule is COC(=O)c1ccc(CNC(=O)COC(=O)c2n[nH]c3ccccc23)cc1. The topological polar surface area (TPSA) is 110 Å². The van der Waals surface area contributed by atoms with Crippen LogP contribution in [0.5, 0.6) is 0 Å². The maximum Gasteiger partial charge on any atom is 0.359 e. The van der Waals surface area contributed by atoms with Crippen LogP contribution in [0.1, 0.15) is 26.4 Å². The molecule has 2 aromatic carbocycles. The molecule has 27 heavy (non-hydrogen) atoms. The molecule has 0 aliphatic carbocycles. The highest BCUT2D eigenvalue weighted by Gasteiger charge is 2.16. The number of benzene rings is 2. The van der Waals surface area contributed by atoms with Crippen LogP contribution in [0, 0.1) is 0 Å². The van der Waals surface area contributed by atoms with Crippen LogP contribution in [0.25, 0.3) is 10.9 Å². The Hall–Kier alpha value is -3.68. The number of amides is 1. The fraction of sp³-hybridized carbons (Fsp3) is 0.158. The first-order valence-corrected chi connectivity index (χ1v) is 8.12. The third-order valence-electron chi connectivity index (χ3n) is 3.86. The van der Waals surface area contributed by atoms with Crippen LogP contribution in [0.15, 0.2) is 48.5 Å². The third kappa shape index (κ3) is 4.30. The zero-order chi connectivity index (χ0) is 19.2. The molecular weight excluding hydrogens is 350 g/mol. The van der Waals surface area contributed by atoms with Crippen LogP contribution >= 0.6 is 0 Å². The molecule has 1 heterocycles. The van der Waals surface area contributed by atoms with Crippen molar-refractivity contribution in [1.82, 2.24) is 15.5 Å². The van der Waals surface area contributed by atoms with Crippen molar-refractivity contribution in [2.75, 3.05) is 13.7 Å². The van der Waals surface area contributed by atoms with Crippen LogP contribution in [-0.4, -0.2) is 41.8 Å². The normalized spacial score (nSPS) is 10.4. The van der Waals surface area contributed by atoms with Crippen molar-refractivity contribution < 1.29 is 23.9 Å². The quantitative estimate of drug-likeness (QED) is 0.643. The molecule has 0 saturated heterocycles. The lowest BCUT2D eigenvalue weighted by molar-refractivity contribution is -0.124. The van der Waals surface area contributed by atoms with Gasteiger partial charge in [0, 0.05) is 11.9 Å². The average Bonchev–Trinajstić information content (AvgIpc) is 3.14. The number of carbonyl (C=O) groups is 3. The number of esters is 2. The molecule has 0 radical (unpaired) electrons. The number of aromatic nitrogens is 2. The molecule has 1 amide bonds. The van der Waals surface area contributed by atoms with Crippen molar-refractivity contribution >= 4 is 28.7 Å². The molecule has 0 fully saturated rings. The number of rotatable bonds is 6. The summed E-state index contributed by atoms with van der Waals surface area (Å²) < 4.78 is 9.64. The van der Waals surface area contributed by atoms with Gasteiger partial charge in [-0.3, -0.25) is 9.89 Å². The van der Waals surface area contributed by atoms with Gasteiger partial charge in [0.15, 0.2) is 12.3 Å². The van der Waals surface area contributed by atoms with Gasteiger partial charge in [-0.05, 0) is 23.8 Å². The number of nitrogens with zero attached hydrogens (tertiary/aromatic N) is 1. The van der Waals surface area contributed by atoms with Gasteiger partial charge in [-0.25, -0.2) is 9.59 Å². The summed E-state index contributed by atoms with van der Waals surface area (Å²) >= 11 is 0. The molecule has 0 aliphatic rings. The van der Waals surface area contributed by atoms with E-state index in [0.29, 0.717) is 16.5 Å². The minimum absolute atomic E-state index is 0.136. The zero-order valence-corrected chi connectivity index (χ0v) is 14.5. The summed E-state index contributed by atoms with van der Waals surface area (Å²) in [6.07, 6.45) is 0. The van der Waals surface area contributed by atoms with E-state index >= 15 is 0 Å². The van der Waals surface area contributed by atoms with Crippen molar-refractivity contribution in [3.63, 3.8) is 0 Å². The summed E-state index contributed by atoms with van der Waals surface area (Å²) in [5.74, 6) is -1.55. The van der Waals surface area contributed by atoms with Gasteiger partial charge in [-0.1, -0.05) is 30.3 Å². The lowest BCUT2D eigenvalue weighted by Gasteiger charge is -2.07. The Balaban J connectivity index is 1.49. The number of hydrogen-bond donors (Lipinski definition) is 2. The number of nitrogens with one attached hydrogen (secondary N) is 2. The van der Waals surface area contributed by atoms with Crippen molar-refractivity contribution in [3.8, 4) is 0 Å². The number of H-pyrrole nitrogens is 1. The molecule has 0 spiro atoms. The van der Waals surface area contributed by atoms with Crippen molar-refractivity contribution in [2.24, 2.45) is 0 Å². The van der Waals surface area contributed by atoms with E-state index < -0.39 is 24.5 Å². The molecule has 1 aromatic heterocycles. The van der Waals surface area contributed by atoms with E-state index in [1.54, 1.807) is 42.5 Å². The fourth-order valence-corrected chi connectivity index (χ4v) is 2.45. The first-order valence-electron chi connectivity index (χ1n) is 8.12. The van der Waals surface area contributed by atoms with Gasteiger partial charge in [-0.15, -0.1) is 0 Å². The van der Waals surface area contributed by atoms with Crippen LogP contribution in [0.2, 0.25) is 0 Å². The minimum atomic E-state index is -0.676. The maximum atomic E-state index is 12.1. The molecule has 3 rings (SSSR count). The Bertz CT molecular complexity index is 978. The summed E-state index contributed by atoms with van der Waals surface area (Å²) in [4.78, 5) is 35.4. The van der Waals surface area contributed by atoms with Gasteiger partial charge < -0.3 is 14.8 Å². The predicted octanol–water partition coefficient (Wildman–Crippen LogP) is 1.82. The van der Waals surface area contributed by atoms with E-state index in [9.17, 15) is 14.4 Å². The zero-order valence-electron chi connectivity index (χ0n) is 14.5. The summed E-state index contributed by atoms with van der Waals surface area (Å²) in [5.41, 5.74) is 2.06. The smallest absolute Gasteiger partial charge is 0.359 e. The van der Waals surface area contributed by atoms with Crippen molar-refractivity contribution in [3.05, 3.63) is 65.4 Å². The summed E-state index contributed by atoms with van der Waals surface area (Å²) in [6.45, 7) is -0.177. The molecule has 8 nitrogen and oxygen atoms in total. The molecule has 138 valence electrons. The second-order valence-corrected chi connectivity index (χ2v) is 5.66. The number of aromatic amines is 1. The highest BCUT2D eigenvalue weighted by molar-refractivity contribution is 6.02. The highest BCUT2D eigenvalue weighted by Crippen LogP contribution is 2.15. The van der Waals surface area contributed by atoms with Crippen LogP contribution in [0.4, 0.5) is 0 Å². The predicted molar refractivity (Wildman–Crippen MR) is 96.0 cm³/mol. The number of para-hydroxylation sites is 1. The number of fused-ring (bicyclic) bond motifs is 1. The van der Waals surface area contributed by atoms with Crippen LogP contribution in [-0.2, 0) is 20.8 Å². The van der Waals surface area contributed by atoms with Crippen molar-refractivity contribution in [2.45, 2.75) is 6.54 Å². The maximum absolute atomic E-state index is 12.1.